The van der Waals surface area contributed by atoms with Crippen molar-refractivity contribution in [2.45, 2.75) is 6.61 Å². The van der Waals surface area contributed by atoms with Gasteiger partial charge in [-0.3, -0.25) is 4.79 Å². The Labute approximate surface area is 150 Å². The van der Waals surface area contributed by atoms with Crippen molar-refractivity contribution in [3.05, 3.63) is 90.4 Å². The van der Waals surface area contributed by atoms with Crippen LogP contribution in [0.5, 0.6) is 5.75 Å². The van der Waals surface area contributed by atoms with Gasteiger partial charge in [-0.2, -0.15) is 0 Å². The molecule has 0 aliphatic rings. The minimum Gasteiger partial charge on any atom is -0.489 e. The van der Waals surface area contributed by atoms with Gasteiger partial charge in [0.05, 0.1) is 11.8 Å². The number of furan rings is 1. The number of anilines is 1. The number of fused-ring (bicyclic) bond motifs is 1. The number of rotatable bonds is 5. The van der Waals surface area contributed by atoms with E-state index in [-0.39, 0.29) is 18.3 Å². The molecule has 0 radical (unpaired) electrons. The van der Waals surface area contributed by atoms with Gasteiger partial charge in [-0.25, -0.2) is 4.98 Å². The fourth-order valence-electron chi connectivity index (χ4n) is 2.64. The van der Waals surface area contributed by atoms with Crippen molar-refractivity contribution in [3.63, 3.8) is 0 Å². The third-order valence-corrected chi connectivity index (χ3v) is 3.93. The van der Waals surface area contributed by atoms with E-state index < -0.39 is 0 Å². The van der Waals surface area contributed by atoms with Gasteiger partial charge < -0.3 is 14.5 Å². The van der Waals surface area contributed by atoms with Crippen molar-refractivity contribution in [3.8, 4) is 5.75 Å². The molecule has 2 heterocycles. The summed E-state index contributed by atoms with van der Waals surface area (Å²) in [5, 5.41) is 3.79. The summed E-state index contributed by atoms with van der Waals surface area (Å²) in [6.07, 6.45) is 1.48. The predicted octanol–water partition coefficient (Wildman–Crippen LogP) is 4.66. The summed E-state index contributed by atoms with van der Waals surface area (Å²) in [5.41, 5.74) is 1.49. The van der Waals surface area contributed by atoms with Crippen LogP contribution in [0.25, 0.3) is 10.9 Å². The van der Waals surface area contributed by atoms with Crippen molar-refractivity contribution in [1.82, 2.24) is 4.98 Å². The SMILES string of the molecule is O=C(Nc1ccc2ccccc2n1)c1occc1COc1ccccc1. The highest BCUT2D eigenvalue weighted by Gasteiger charge is 2.16. The van der Waals surface area contributed by atoms with Crippen LogP contribution in [0.3, 0.4) is 0 Å². The molecule has 0 saturated heterocycles. The number of nitrogens with zero attached hydrogens (tertiary/aromatic N) is 1. The predicted molar refractivity (Wildman–Crippen MR) is 99.2 cm³/mol. The summed E-state index contributed by atoms with van der Waals surface area (Å²) in [5.74, 6) is 1.07. The van der Waals surface area contributed by atoms with E-state index in [0.717, 1.165) is 16.7 Å². The van der Waals surface area contributed by atoms with Gasteiger partial charge >= 0.3 is 0 Å². The molecule has 1 N–H and O–H groups in total. The second-order valence-corrected chi connectivity index (χ2v) is 5.72. The molecule has 0 aliphatic carbocycles. The largest absolute Gasteiger partial charge is 0.489 e. The maximum absolute atomic E-state index is 12.5. The number of aromatic nitrogens is 1. The average molecular weight is 344 g/mol. The number of nitrogens with one attached hydrogen (secondary N) is 1. The van der Waals surface area contributed by atoms with Crippen LogP contribution in [-0.4, -0.2) is 10.9 Å². The third-order valence-electron chi connectivity index (χ3n) is 3.93. The average Bonchev–Trinajstić information content (AvgIpc) is 3.16. The molecular weight excluding hydrogens is 328 g/mol. The van der Waals surface area contributed by atoms with Crippen LogP contribution in [0.4, 0.5) is 5.82 Å². The van der Waals surface area contributed by atoms with Gasteiger partial charge in [-0.05, 0) is 36.4 Å². The smallest absolute Gasteiger partial charge is 0.292 e. The molecule has 0 atom stereocenters. The molecular formula is C21H16N2O3. The fraction of sp³-hybridized carbons (Fsp3) is 0.0476. The van der Waals surface area contributed by atoms with E-state index in [9.17, 15) is 4.79 Å². The van der Waals surface area contributed by atoms with Crippen molar-refractivity contribution in [1.29, 1.82) is 0 Å². The van der Waals surface area contributed by atoms with Gasteiger partial charge in [-0.15, -0.1) is 0 Å². The Bertz CT molecular complexity index is 1040. The molecule has 0 fully saturated rings. The van der Waals surface area contributed by atoms with Crippen LogP contribution in [0.1, 0.15) is 16.1 Å². The zero-order valence-electron chi connectivity index (χ0n) is 13.9. The first-order chi connectivity index (χ1) is 12.8. The number of hydrogen-bond acceptors (Lipinski definition) is 4. The van der Waals surface area contributed by atoms with E-state index in [4.69, 9.17) is 9.15 Å². The van der Waals surface area contributed by atoms with Crippen LogP contribution >= 0.6 is 0 Å². The number of amides is 1. The Hall–Kier alpha value is -3.60. The summed E-state index contributed by atoms with van der Waals surface area (Å²) < 4.78 is 11.0. The van der Waals surface area contributed by atoms with Crippen LogP contribution in [0.15, 0.2) is 83.5 Å². The standard InChI is InChI=1S/C21H16N2O3/c24-21(23-19-11-10-15-6-4-5-9-18(15)22-19)20-16(12-13-25-20)14-26-17-7-2-1-3-8-17/h1-13H,14H2,(H,22,23,24). The molecule has 26 heavy (non-hydrogen) atoms. The fourth-order valence-corrected chi connectivity index (χ4v) is 2.64. The maximum Gasteiger partial charge on any atom is 0.292 e. The zero-order chi connectivity index (χ0) is 17.8. The highest BCUT2D eigenvalue weighted by molar-refractivity contribution is 6.03. The molecule has 0 spiro atoms. The molecule has 0 bridgehead atoms. The number of pyridine rings is 1. The molecule has 0 unspecified atom stereocenters. The van der Waals surface area contributed by atoms with Crippen molar-refractivity contribution >= 4 is 22.6 Å². The summed E-state index contributed by atoms with van der Waals surface area (Å²) in [7, 11) is 0. The van der Waals surface area contributed by atoms with Crippen LogP contribution < -0.4 is 10.1 Å². The minimum atomic E-state index is -0.357. The number of carbonyl (C=O) groups excluding carboxylic acids is 1. The molecule has 0 saturated carbocycles. The lowest BCUT2D eigenvalue weighted by Gasteiger charge is -2.07. The first-order valence-corrected chi connectivity index (χ1v) is 8.21. The van der Waals surface area contributed by atoms with Crippen molar-refractivity contribution in [2.24, 2.45) is 0 Å². The van der Waals surface area contributed by atoms with Crippen molar-refractivity contribution < 1.29 is 13.9 Å². The lowest BCUT2D eigenvalue weighted by Crippen LogP contribution is -2.14. The number of para-hydroxylation sites is 2. The molecule has 4 aromatic rings. The highest BCUT2D eigenvalue weighted by Crippen LogP contribution is 2.18. The van der Waals surface area contributed by atoms with Crippen molar-refractivity contribution in [2.75, 3.05) is 5.32 Å². The maximum atomic E-state index is 12.5. The molecule has 0 aliphatic heterocycles. The van der Waals surface area contributed by atoms with Gasteiger partial charge in [0.2, 0.25) is 0 Å². The van der Waals surface area contributed by atoms with E-state index in [2.05, 4.69) is 10.3 Å². The lowest BCUT2D eigenvalue weighted by atomic mass is 10.2. The van der Waals surface area contributed by atoms with Gasteiger partial charge in [0.15, 0.2) is 5.76 Å². The Morgan fingerprint density at radius 3 is 2.65 bits per heavy atom. The van der Waals surface area contributed by atoms with E-state index in [1.54, 1.807) is 12.1 Å². The Morgan fingerprint density at radius 2 is 1.77 bits per heavy atom. The molecule has 128 valence electrons. The van der Waals surface area contributed by atoms with Gasteiger partial charge in [0.25, 0.3) is 5.91 Å². The Morgan fingerprint density at radius 1 is 0.962 bits per heavy atom. The van der Waals surface area contributed by atoms with Crippen LogP contribution in [-0.2, 0) is 6.61 Å². The number of benzene rings is 2. The Balaban J connectivity index is 1.48. The lowest BCUT2D eigenvalue weighted by molar-refractivity contribution is 0.0993. The number of hydrogen-bond donors (Lipinski definition) is 1. The van der Waals surface area contributed by atoms with Gasteiger partial charge in [0, 0.05) is 10.9 Å². The van der Waals surface area contributed by atoms with E-state index in [0.29, 0.717) is 11.4 Å². The molecule has 5 heteroatoms. The normalized spacial score (nSPS) is 10.6. The van der Waals surface area contributed by atoms with Gasteiger partial charge in [0.1, 0.15) is 18.2 Å². The third kappa shape index (κ3) is 3.42. The van der Waals surface area contributed by atoms with Crippen LogP contribution in [0, 0.1) is 0 Å². The molecule has 4 rings (SSSR count). The van der Waals surface area contributed by atoms with Crippen LogP contribution in [0.2, 0.25) is 0 Å². The first kappa shape index (κ1) is 15.9. The monoisotopic (exact) mass is 344 g/mol. The minimum absolute atomic E-state index is 0.218. The van der Waals surface area contributed by atoms with E-state index in [1.807, 2.05) is 60.7 Å². The number of ether oxygens (including phenoxy) is 1. The second kappa shape index (κ2) is 7.11. The molecule has 1 amide bonds. The summed E-state index contributed by atoms with van der Waals surface area (Å²) in [6.45, 7) is 0.244. The summed E-state index contributed by atoms with van der Waals surface area (Å²) >= 11 is 0. The topological polar surface area (TPSA) is 64.4 Å². The van der Waals surface area contributed by atoms with E-state index >= 15 is 0 Å². The quantitative estimate of drug-likeness (QED) is 0.572. The van der Waals surface area contributed by atoms with Gasteiger partial charge in [-0.1, -0.05) is 36.4 Å². The Kier molecular flexibility index (Phi) is 4.35. The zero-order valence-corrected chi connectivity index (χ0v) is 13.9. The second-order valence-electron chi connectivity index (χ2n) is 5.72. The molecule has 5 nitrogen and oxygen atoms in total. The highest BCUT2D eigenvalue weighted by atomic mass is 16.5. The number of carbonyl (C=O) groups is 1. The molecule has 2 aromatic carbocycles. The summed E-state index contributed by atoms with van der Waals surface area (Å²) in [6, 6.07) is 22.6. The molecule has 2 aromatic heterocycles. The van der Waals surface area contributed by atoms with E-state index in [1.165, 1.54) is 6.26 Å². The first-order valence-electron chi connectivity index (χ1n) is 8.21. The summed E-state index contributed by atoms with van der Waals surface area (Å²) in [4.78, 5) is 17.0.